The summed E-state index contributed by atoms with van der Waals surface area (Å²) in [7, 11) is 0. The van der Waals surface area contributed by atoms with Gasteiger partial charge in [0.05, 0.1) is 16.9 Å². The summed E-state index contributed by atoms with van der Waals surface area (Å²) in [4.78, 5) is 28.9. The predicted octanol–water partition coefficient (Wildman–Crippen LogP) is 4.51. The number of hydrogen-bond donors (Lipinski definition) is 1. The van der Waals surface area contributed by atoms with Gasteiger partial charge in [-0.25, -0.2) is 9.97 Å². The van der Waals surface area contributed by atoms with Crippen LogP contribution in [0.15, 0.2) is 77.7 Å². The Morgan fingerprint density at radius 3 is 2.46 bits per heavy atom. The highest BCUT2D eigenvalue weighted by atomic mass is 16.1. The van der Waals surface area contributed by atoms with Crippen molar-refractivity contribution < 1.29 is 0 Å². The number of H-pyrrole nitrogens is 1. The van der Waals surface area contributed by atoms with E-state index in [1.165, 1.54) is 0 Å². The van der Waals surface area contributed by atoms with Crippen LogP contribution in [-0.4, -0.2) is 19.9 Å². The monoisotopic (exact) mass is 364 g/mol. The van der Waals surface area contributed by atoms with Crippen molar-refractivity contribution in [1.29, 1.82) is 0 Å². The number of fused-ring (bicyclic) bond motifs is 2. The van der Waals surface area contributed by atoms with Crippen molar-refractivity contribution in [1.82, 2.24) is 19.9 Å². The van der Waals surface area contributed by atoms with Gasteiger partial charge < -0.3 is 4.98 Å². The van der Waals surface area contributed by atoms with E-state index in [0.29, 0.717) is 16.7 Å². The summed E-state index contributed by atoms with van der Waals surface area (Å²) in [5.74, 6) is 0. The molecule has 3 heterocycles. The molecule has 0 spiro atoms. The molecule has 0 bridgehead atoms. The van der Waals surface area contributed by atoms with Crippen LogP contribution in [0, 0.1) is 6.92 Å². The summed E-state index contributed by atoms with van der Waals surface area (Å²) in [5.41, 5.74) is 5.96. The van der Waals surface area contributed by atoms with E-state index in [9.17, 15) is 4.79 Å². The van der Waals surface area contributed by atoms with Crippen LogP contribution in [-0.2, 0) is 0 Å². The summed E-state index contributed by atoms with van der Waals surface area (Å²) in [6.45, 7) is 1.77. The fourth-order valence-corrected chi connectivity index (χ4v) is 3.34. The van der Waals surface area contributed by atoms with Gasteiger partial charge in [0.2, 0.25) is 0 Å². The molecule has 5 nitrogen and oxygen atoms in total. The van der Waals surface area contributed by atoms with E-state index in [1.54, 1.807) is 19.2 Å². The number of benzene rings is 2. The molecule has 0 amide bonds. The average molecular weight is 364 g/mol. The third-order valence-corrected chi connectivity index (χ3v) is 4.79. The minimum Gasteiger partial charge on any atom is -0.305 e. The maximum absolute atomic E-state index is 12.1. The summed E-state index contributed by atoms with van der Waals surface area (Å²) < 4.78 is 0. The zero-order chi connectivity index (χ0) is 19.1. The second-order valence-electron chi connectivity index (χ2n) is 6.71. The number of pyridine rings is 2. The van der Waals surface area contributed by atoms with Gasteiger partial charge in [0, 0.05) is 28.3 Å². The molecule has 0 aliphatic rings. The number of nitrogens with one attached hydrogen (secondary N) is 1. The number of aryl methyl sites for hydroxylation is 1. The Bertz CT molecular complexity index is 1390. The lowest BCUT2D eigenvalue weighted by molar-refractivity contribution is 1.16. The molecule has 5 heteroatoms. The predicted molar refractivity (Wildman–Crippen MR) is 111 cm³/mol. The Morgan fingerprint density at radius 1 is 0.786 bits per heavy atom. The Morgan fingerprint density at radius 2 is 1.61 bits per heavy atom. The first-order valence-corrected chi connectivity index (χ1v) is 9.01. The third-order valence-electron chi connectivity index (χ3n) is 4.79. The van der Waals surface area contributed by atoms with E-state index in [-0.39, 0.29) is 5.56 Å². The maximum Gasteiger partial charge on any atom is 0.252 e. The number of nitrogens with zero attached hydrogens (tertiary/aromatic N) is 3. The van der Waals surface area contributed by atoms with Gasteiger partial charge in [-0.2, -0.15) is 0 Å². The molecular formula is C23H16N4O. The lowest BCUT2D eigenvalue weighted by Gasteiger charge is -2.11. The molecule has 0 aliphatic carbocycles. The number of aromatic nitrogens is 4. The second kappa shape index (κ2) is 6.39. The summed E-state index contributed by atoms with van der Waals surface area (Å²) >= 11 is 0. The van der Waals surface area contributed by atoms with Crippen LogP contribution in [0.25, 0.3) is 44.6 Å². The molecule has 134 valence electrons. The molecule has 1 N–H and O–H groups in total. The zero-order valence-electron chi connectivity index (χ0n) is 15.2. The van der Waals surface area contributed by atoms with E-state index in [2.05, 4.69) is 16.0 Å². The molecule has 0 saturated heterocycles. The molecule has 0 fully saturated rings. The average Bonchev–Trinajstić information content (AvgIpc) is 2.74. The number of aromatic amines is 1. The van der Waals surface area contributed by atoms with Crippen LogP contribution in [0.4, 0.5) is 0 Å². The van der Waals surface area contributed by atoms with E-state index < -0.39 is 0 Å². The lowest BCUT2D eigenvalue weighted by Crippen LogP contribution is -2.10. The van der Waals surface area contributed by atoms with Crippen molar-refractivity contribution in [3.8, 4) is 22.5 Å². The van der Waals surface area contributed by atoms with Crippen LogP contribution >= 0.6 is 0 Å². The van der Waals surface area contributed by atoms with Crippen LogP contribution < -0.4 is 5.56 Å². The maximum atomic E-state index is 12.1. The number of hydrogen-bond acceptors (Lipinski definition) is 4. The van der Waals surface area contributed by atoms with Crippen LogP contribution in [0.3, 0.4) is 0 Å². The lowest BCUT2D eigenvalue weighted by atomic mass is 10.0. The Kier molecular flexibility index (Phi) is 3.72. The van der Waals surface area contributed by atoms with Crippen molar-refractivity contribution in [2.75, 3.05) is 0 Å². The van der Waals surface area contributed by atoms with Crippen molar-refractivity contribution in [2.24, 2.45) is 0 Å². The van der Waals surface area contributed by atoms with E-state index in [1.807, 2.05) is 54.6 Å². The van der Waals surface area contributed by atoms with E-state index in [4.69, 9.17) is 9.97 Å². The highest BCUT2D eigenvalue weighted by Crippen LogP contribution is 2.31. The molecule has 5 aromatic rings. The zero-order valence-corrected chi connectivity index (χ0v) is 15.2. The molecule has 3 aromatic heterocycles. The van der Waals surface area contributed by atoms with Crippen molar-refractivity contribution in [2.45, 2.75) is 6.92 Å². The van der Waals surface area contributed by atoms with Gasteiger partial charge >= 0.3 is 0 Å². The van der Waals surface area contributed by atoms with Gasteiger partial charge in [-0.3, -0.25) is 9.78 Å². The standard InChI is InChI=1S/C23H16N4O/c1-14-12-19-22(27-23(14)28)26-20(15-6-3-2-4-7-15)21(25-19)17-9-10-18-16(13-17)8-5-11-24-18/h2-13H,1H3,(H,26,27,28). The topological polar surface area (TPSA) is 71.5 Å². The minimum atomic E-state index is -0.148. The van der Waals surface area contributed by atoms with Gasteiger partial charge in [0.1, 0.15) is 5.52 Å². The number of rotatable bonds is 2. The van der Waals surface area contributed by atoms with Crippen molar-refractivity contribution in [3.63, 3.8) is 0 Å². The van der Waals surface area contributed by atoms with E-state index in [0.717, 1.165) is 33.4 Å². The van der Waals surface area contributed by atoms with Gasteiger partial charge in [0.25, 0.3) is 5.56 Å². The molecule has 0 atom stereocenters. The Hall–Kier alpha value is -3.86. The normalized spacial score (nSPS) is 11.2. The Balaban J connectivity index is 1.84. The smallest absolute Gasteiger partial charge is 0.252 e. The first kappa shape index (κ1) is 16.3. The summed E-state index contributed by atoms with van der Waals surface area (Å²) in [6.07, 6.45) is 1.78. The van der Waals surface area contributed by atoms with Crippen molar-refractivity contribution in [3.05, 3.63) is 88.8 Å². The molecule has 0 radical (unpaired) electrons. The highest BCUT2D eigenvalue weighted by Gasteiger charge is 2.14. The van der Waals surface area contributed by atoms with Crippen LogP contribution in [0.5, 0.6) is 0 Å². The first-order chi connectivity index (χ1) is 13.7. The van der Waals surface area contributed by atoms with Gasteiger partial charge in [-0.05, 0) is 31.2 Å². The van der Waals surface area contributed by atoms with Crippen LogP contribution in [0.1, 0.15) is 5.56 Å². The third kappa shape index (κ3) is 2.74. The molecule has 5 rings (SSSR count). The van der Waals surface area contributed by atoms with Crippen LogP contribution in [0.2, 0.25) is 0 Å². The van der Waals surface area contributed by atoms with Gasteiger partial charge in [-0.15, -0.1) is 0 Å². The molecule has 2 aromatic carbocycles. The highest BCUT2D eigenvalue weighted by molar-refractivity contribution is 5.89. The minimum absolute atomic E-state index is 0.148. The summed E-state index contributed by atoms with van der Waals surface area (Å²) in [5, 5.41) is 1.04. The molecule has 0 saturated carbocycles. The summed E-state index contributed by atoms with van der Waals surface area (Å²) in [6, 6.07) is 21.7. The first-order valence-electron chi connectivity index (χ1n) is 9.01. The quantitative estimate of drug-likeness (QED) is 0.500. The largest absolute Gasteiger partial charge is 0.305 e. The molecule has 0 unspecified atom stereocenters. The van der Waals surface area contributed by atoms with Gasteiger partial charge in [0.15, 0.2) is 5.65 Å². The molecule has 28 heavy (non-hydrogen) atoms. The fraction of sp³-hybridized carbons (Fsp3) is 0.0435. The van der Waals surface area contributed by atoms with Gasteiger partial charge in [-0.1, -0.05) is 42.5 Å². The van der Waals surface area contributed by atoms with E-state index >= 15 is 0 Å². The SMILES string of the molecule is Cc1cc2nc(-c3ccc4ncccc4c3)c(-c3ccccc3)nc2[nH]c1=O. The molecular weight excluding hydrogens is 348 g/mol. The Labute approximate surface area is 160 Å². The fourth-order valence-electron chi connectivity index (χ4n) is 3.34. The van der Waals surface area contributed by atoms with Crippen molar-refractivity contribution >= 4 is 22.1 Å². The molecule has 0 aliphatic heterocycles. The second-order valence-corrected chi connectivity index (χ2v) is 6.71.